The van der Waals surface area contributed by atoms with Crippen LogP contribution in [0.2, 0.25) is 0 Å². The maximum atomic E-state index is 14.5. The van der Waals surface area contributed by atoms with E-state index >= 15 is 0 Å². The Labute approximate surface area is 192 Å². The van der Waals surface area contributed by atoms with Crippen molar-refractivity contribution < 1.29 is 18.7 Å². The highest BCUT2D eigenvalue weighted by atomic mass is 19.1. The van der Waals surface area contributed by atoms with Gasteiger partial charge in [-0.15, -0.1) is 0 Å². The van der Waals surface area contributed by atoms with Crippen LogP contribution < -0.4 is 15.4 Å². The van der Waals surface area contributed by atoms with Gasteiger partial charge in [0.2, 0.25) is 0 Å². The Bertz CT molecular complexity index is 1170. The number of carbonyl (C=O) groups excluding carboxylic acids is 1. The number of aromatic nitrogens is 2. The second-order valence-corrected chi connectivity index (χ2v) is 8.60. The normalized spacial score (nSPS) is 13.4. The summed E-state index contributed by atoms with van der Waals surface area (Å²) < 4.78 is 26.0. The van der Waals surface area contributed by atoms with Crippen molar-refractivity contribution in [2.75, 3.05) is 25.6 Å². The van der Waals surface area contributed by atoms with Gasteiger partial charge in [-0.05, 0) is 38.5 Å². The maximum Gasteiger partial charge on any atom is 0.255 e. The average molecular weight is 453 g/mol. The highest BCUT2D eigenvalue weighted by Gasteiger charge is 2.29. The molecule has 174 valence electrons. The number of aromatic amines is 1. The summed E-state index contributed by atoms with van der Waals surface area (Å²) in [6.45, 7) is 6.63. The Morgan fingerprint density at radius 3 is 2.85 bits per heavy atom. The Morgan fingerprint density at radius 1 is 1.27 bits per heavy atom. The lowest BCUT2D eigenvalue weighted by atomic mass is 10.0. The number of pyridine rings is 1. The number of amides is 1. The van der Waals surface area contributed by atoms with E-state index in [1.165, 1.54) is 6.07 Å². The number of methoxy groups -OCH3 is 1. The SMILES string of the molecule is CCc1c(F)cccc1Nc1c(-c2ccncc2OCC(C)(C)OC)[nH]c2c1C(=O)NCC2. The molecule has 0 atom stereocenters. The molecule has 0 spiro atoms. The largest absolute Gasteiger partial charge is 0.488 e. The summed E-state index contributed by atoms with van der Waals surface area (Å²) in [7, 11) is 1.64. The van der Waals surface area contributed by atoms with Crippen molar-refractivity contribution in [1.29, 1.82) is 0 Å². The van der Waals surface area contributed by atoms with Gasteiger partial charge in [0.1, 0.15) is 18.2 Å². The number of fused-ring (bicyclic) bond motifs is 1. The molecule has 0 radical (unpaired) electrons. The van der Waals surface area contributed by atoms with E-state index in [2.05, 4.69) is 20.6 Å². The zero-order valence-electron chi connectivity index (χ0n) is 19.3. The first-order chi connectivity index (χ1) is 15.8. The molecule has 0 saturated heterocycles. The number of anilines is 2. The summed E-state index contributed by atoms with van der Waals surface area (Å²) in [5.41, 5.74) is 4.07. The van der Waals surface area contributed by atoms with Gasteiger partial charge in [-0.25, -0.2) is 4.39 Å². The minimum Gasteiger partial charge on any atom is -0.488 e. The number of H-pyrrole nitrogens is 1. The molecule has 3 aromatic rings. The fourth-order valence-electron chi connectivity index (χ4n) is 3.89. The van der Waals surface area contributed by atoms with Crippen LogP contribution in [-0.2, 0) is 17.6 Å². The summed E-state index contributed by atoms with van der Waals surface area (Å²) in [4.78, 5) is 20.5. The van der Waals surface area contributed by atoms with Gasteiger partial charge in [0.15, 0.2) is 0 Å². The zero-order chi connectivity index (χ0) is 23.6. The monoisotopic (exact) mass is 452 g/mol. The molecule has 2 aromatic heterocycles. The van der Waals surface area contributed by atoms with E-state index < -0.39 is 5.60 Å². The fourth-order valence-corrected chi connectivity index (χ4v) is 3.89. The Morgan fingerprint density at radius 2 is 2.09 bits per heavy atom. The lowest BCUT2D eigenvalue weighted by Gasteiger charge is -2.23. The number of ether oxygens (including phenoxy) is 2. The van der Waals surface area contributed by atoms with Gasteiger partial charge in [-0.2, -0.15) is 0 Å². The van der Waals surface area contributed by atoms with Gasteiger partial charge < -0.3 is 25.1 Å². The minimum absolute atomic E-state index is 0.173. The molecule has 0 saturated carbocycles. The van der Waals surface area contributed by atoms with E-state index in [1.54, 1.807) is 25.6 Å². The maximum absolute atomic E-state index is 14.5. The number of halogens is 1. The highest BCUT2D eigenvalue weighted by Crippen LogP contribution is 2.41. The molecule has 0 aliphatic carbocycles. The summed E-state index contributed by atoms with van der Waals surface area (Å²) in [6.07, 6.45) is 4.49. The predicted octanol–water partition coefficient (Wildman–Crippen LogP) is 4.61. The molecule has 7 nitrogen and oxygen atoms in total. The third kappa shape index (κ3) is 4.57. The van der Waals surface area contributed by atoms with Crippen LogP contribution in [0.1, 0.15) is 42.4 Å². The Kier molecular flexibility index (Phi) is 6.37. The molecule has 0 fully saturated rings. The number of nitrogens with one attached hydrogen (secondary N) is 3. The van der Waals surface area contributed by atoms with E-state index in [0.717, 1.165) is 11.3 Å². The number of hydrogen-bond donors (Lipinski definition) is 3. The molecule has 1 amide bonds. The van der Waals surface area contributed by atoms with Crippen LogP contribution in [0.15, 0.2) is 36.7 Å². The lowest BCUT2D eigenvalue weighted by molar-refractivity contribution is -0.0146. The highest BCUT2D eigenvalue weighted by molar-refractivity contribution is 6.06. The third-order valence-electron chi connectivity index (χ3n) is 5.88. The van der Waals surface area contributed by atoms with Crippen molar-refractivity contribution in [2.24, 2.45) is 0 Å². The van der Waals surface area contributed by atoms with Gasteiger partial charge in [-0.1, -0.05) is 13.0 Å². The number of carbonyl (C=O) groups is 1. The lowest BCUT2D eigenvalue weighted by Crippen LogP contribution is -2.31. The number of nitrogens with zero attached hydrogens (tertiary/aromatic N) is 1. The fraction of sp³-hybridized carbons (Fsp3) is 0.360. The molecule has 3 N–H and O–H groups in total. The van der Waals surface area contributed by atoms with Crippen molar-refractivity contribution in [3.8, 4) is 17.0 Å². The molecule has 1 aliphatic heterocycles. The first-order valence-corrected chi connectivity index (χ1v) is 11.0. The van der Waals surface area contributed by atoms with Crippen LogP contribution in [-0.4, -0.2) is 41.7 Å². The smallest absolute Gasteiger partial charge is 0.255 e. The quantitative estimate of drug-likeness (QED) is 0.465. The van der Waals surface area contributed by atoms with Crippen molar-refractivity contribution in [2.45, 2.75) is 39.2 Å². The molecule has 3 heterocycles. The molecule has 33 heavy (non-hydrogen) atoms. The van der Waals surface area contributed by atoms with E-state index in [4.69, 9.17) is 9.47 Å². The van der Waals surface area contributed by atoms with Crippen LogP contribution >= 0.6 is 0 Å². The first-order valence-electron chi connectivity index (χ1n) is 11.0. The predicted molar refractivity (Wildman–Crippen MR) is 126 cm³/mol. The van der Waals surface area contributed by atoms with Crippen LogP contribution in [0.25, 0.3) is 11.3 Å². The molecule has 8 heteroatoms. The van der Waals surface area contributed by atoms with Crippen LogP contribution in [0.3, 0.4) is 0 Å². The molecular formula is C25H29FN4O3. The van der Waals surface area contributed by atoms with Gasteiger partial charge in [0.25, 0.3) is 5.91 Å². The van der Waals surface area contributed by atoms with Crippen molar-refractivity contribution in [3.05, 3.63) is 59.3 Å². The van der Waals surface area contributed by atoms with Crippen LogP contribution in [0.4, 0.5) is 15.8 Å². The Balaban J connectivity index is 1.83. The van der Waals surface area contributed by atoms with Crippen LogP contribution in [0, 0.1) is 5.82 Å². The molecule has 4 rings (SSSR count). The molecule has 1 aliphatic rings. The third-order valence-corrected chi connectivity index (χ3v) is 5.88. The van der Waals surface area contributed by atoms with E-state index in [9.17, 15) is 9.18 Å². The van der Waals surface area contributed by atoms with Gasteiger partial charge in [0.05, 0.1) is 28.7 Å². The standard InChI is InChI=1S/C25H29FN4O3/c1-5-15-17(26)7-6-8-18(15)29-23-21-19(10-12-28-24(21)31)30-22(23)16-9-11-27-13-20(16)33-14-25(2,3)32-4/h6-9,11,13,29-30H,5,10,12,14H2,1-4H3,(H,28,31). The van der Waals surface area contributed by atoms with E-state index in [1.807, 2.05) is 32.9 Å². The van der Waals surface area contributed by atoms with Crippen molar-refractivity contribution in [3.63, 3.8) is 0 Å². The van der Waals surface area contributed by atoms with E-state index in [-0.39, 0.29) is 11.7 Å². The zero-order valence-corrected chi connectivity index (χ0v) is 19.3. The second-order valence-electron chi connectivity index (χ2n) is 8.60. The summed E-state index contributed by atoms with van der Waals surface area (Å²) in [6, 6.07) is 6.75. The second kappa shape index (κ2) is 9.23. The Hall–Kier alpha value is -3.39. The first kappa shape index (κ1) is 22.8. The van der Waals surface area contributed by atoms with Gasteiger partial charge in [0, 0.05) is 48.8 Å². The summed E-state index contributed by atoms with van der Waals surface area (Å²) in [5, 5.41) is 6.25. The minimum atomic E-state index is -0.485. The molecule has 0 bridgehead atoms. The van der Waals surface area contributed by atoms with Gasteiger partial charge >= 0.3 is 0 Å². The number of rotatable bonds is 8. The number of hydrogen-bond acceptors (Lipinski definition) is 5. The van der Waals surface area contributed by atoms with Gasteiger partial charge in [-0.3, -0.25) is 9.78 Å². The topological polar surface area (TPSA) is 88.3 Å². The molecular weight excluding hydrogens is 423 g/mol. The van der Waals surface area contributed by atoms with Crippen LogP contribution in [0.5, 0.6) is 5.75 Å². The molecule has 1 aromatic carbocycles. The average Bonchev–Trinajstić information content (AvgIpc) is 3.17. The summed E-state index contributed by atoms with van der Waals surface area (Å²) >= 11 is 0. The molecule has 0 unspecified atom stereocenters. The van der Waals surface area contributed by atoms with E-state index in [0.29, 0.717) is 59.9 Å². The van der Waals surface area contributed by atoms with Crippen molar-refractivity contribution >= 4 is 17.3 Å². The number of benzene rings is 1. The summed E-state index contributed by atoms with van der Waals surface area (Å²) in [5.74, 6) is 0.0972. The van der Waals surface area contributed by atoms with Crippen molar-refractivity contribution in [1.82, 2.24) is 15.3 Å².